The molecule has 1 heterocycles. The van der Waals surface area contributed by atoms with E-state index in [1.807, 2.05) is 31.2 Å². The first-order valence-electron chi connectivity index (χ1n) is 5.85. The summed E-state index contributed by atoms with van der Waals surface area (Å²) in [7, 11) is 0. The molecule has 0 spiro atoms. The molecule has 0 bridgehead atoms. The van der Waals surface area contributed by atoms with Gasteiger partial charge in [0.05, 0.1) is 23.0 Å². The van der Waals surface area contributed by atoms with Gasteiger partial charge in [0.25, 0.3) is 0 Å². The molecule has 1 saturated carbocycles. The number of hydrogen-bond donors (Lipinski definition) is 1. The molecule has 1 fully saturated rings. The molecule has 1 aromatic carbocycles. The molecule has 92 valence electrons. The van der Waals surface area contributed by atoms with Crippen molar-refractivity contribution in [3.63, 3.8) is 0 Å². The molecule has 1 aliphatic rings. The highest BCUT2D eigenvalue weighted by Crippen LogP contribution is 2.48. The van der Waals surface area contributed by atoms with Gasteiger partial charge in [0.2, 0.25) is 0 Å². The summed E-state index contributed by atoms with van der Waals surface area (Å²) >= 11 is 0. The molecule has 0 saturated heterocycles. The molecule has 1 aromatic heterocycles. The van der Waals surface area contributed by atoms with E-state index in [4.69, 9.17) is 0 Å². The first kappa shape index (κ1) is 11.0. The van der Waals surface area contributed by atoms with Gasteiger partial charge in [-0.1, -0.05) is 12.1 Å². The Bertz CT molecular complexity index is 597. The molecular formula is C13H13N3O2. The van der Waals surface area contributed by atoms with Crippen molar-refractivity contribution < 1.29 is 9.90 Å². The molecule has 1 aliphatic carbocycles. The summed E-state index contributed by atoms with van der Waals surface area (Å²) in [6.07, 6.45) is 3.13. The molecule has 5 nitrogen and oxygen atoms in total. The molecule has 5 heteroatoms. The van der Waals surface area contributed by atoms with Crippen molar-refractivity contribution in [2.24, 2.45) is 0 Å². The van der Waals surface area contributed by atoms with E-state index in [1.165, 1.54) is 0 Å². The average molecular weight is 243 g/mol. The zero-order valence-electron chi connectivity index (χ0n) is 10.00. The largest absolute Gasteiger partial charge is 0.481 e. The lowest BCUT2D eigenvalue weighted by Crippen LogP contribution is -2.19. The number of aryl methyl sites for hydroxylation is 1. The normalized spacial score (nSPS) is 16.5. The zero-order valence-corrected chi connectivity index (χ0v) is 10.00. The molecule has 0 aliphatic heterocycles. The number of nitrogens with zero attached hydrogens (tertiary/aromatic N) is 3. The molecule has 3 rings (SSSR count). The van der Waals surface area contributed by atoms with Crippen molar-refractivity contribution in [1.29, 1.82) is 0 Å². The van der Waals surface area contributed by atoms with E-state index in [0.717, 1.165) is 29.8 Å². The molecular weight excluding hydrogens is 230 g/mol. The van der Waals surface area contributed by atoms with Crippen molar-refractivity contribution in [2.75, 3.05) is 0 Å². The van der Waals surface area contributed by atoms with Gasteiger partial charge in [0.1, 0.15) is 0 Å². The lowest BCUT2D eigenvalue weighted by atomic mass is 9.96. The van der Waals surface area contributed by atoms with Crippen LogP contribution in [-0.2, 0) is 10.2 Å². The molecule has 18 heavy (non-hydrogen) atoms. The summed E-state index contributed by atoms with van der Waals surface area (Å²) in [5, 5.41) is 17.5. The summed E-state index contributed by atoms with van der Waals surface area (Å²) in [5.74, 6) is -0.733. The summed E-state index contributed by atoms with van der Waals surface area (Å²) in [6, 6.07) is 7.43. The molecule has 0 atom stereocenters. The van der Waals surface area contributed by atoms with E-state index in [0.29, 0.717) is 0 Å². The summed E-state index contributed by atoms with van der Waals surface area (Å²) in [5.41, 5.74) is 1.91. The minimum atomic E-state index is -0.733. The summed E-state index contributed by atoms with van der Waals surface area (Å²) < 4.78 is 0. The van der Waals surface area contributed by atoms with Crippen molar-refractivity contribution in [2.45, 2.75) is 25.2 Å². The van der Waals surface area contributed by atoms with E-state index < -0.39 is 11.4 Å². The second-order valence-electron chi connectivity index (χ2n) is 4.71. The second kappa shape index (κ2) is 3.66. The minimum Gasteiger partial charge on any atom is -0.481 e. The lowest BCUT2D eigenvalue weighted by Gasteiger charge is -2.10. The van der Waals surface area contributed by atoms with E-state index >= 15 is 0 Å². The van der Waals surface area contributed by atoms with E-state index in [9.17, 15) is 9.90 Å². The standard InChI is InChI=1S/C13H13N3O2/c1-9-8-14-16(15-9)11-4-2-10(3-5-11)13(6-7-13)12(17)18/h2-5,8H,6-7H2,1H3,(H,17,18). The monoisotopic (exact) mass is 243 g/mol. The Morgan fingerprint density at radius 2 is 2.00 bits per heavy atom. The van der Waals surface area contributed by atoms with Crippen LogP contribution < -0.4 is 0 Å². The second-order valence-corrected chi connectivity index (χ2v) is 4.71. The average Bonchev–Trinajstić information content (AvgIpc) is 3.07. The minimum absolute atomic E-state index is 0.647. The summed E-state index contributed by atoms with van der Waals surface area (Å²) in [6.45, 7) is 1.88. The van der Waals surface area contributed by atoms with Crippen molar-refractivity contribution in [1.82, 2.24) is 15.0 Å². The topological polar surface area (TPSA) is 68.0 Å². The highest BCUT2D eigenvalue weighted by Gasteiger charge is 2.51. The van der Waals surface area contributed by atoms with Gasteiger partial charge in [0, 0.05) is 0 Å². The molecule has 2 aromatic rings. The number of carboxylic acid groups (broad SMARTS) is 1. The Hall–Kier alpha value is -2.17. The quantitative estimate of drug-likeness (QED) is 0.890. The lowest BCUT2D eigenvalue weighted by molar-refractivity contribution is -0.140. The Labute approximate surface area is 104 Å². The van der Waals surface area contributed by atoms with Gasteiger partial charge in [-0.05, 0) is 37.5 Å². The number of hydrogen-bond acceptors (Lipinski definition) is 3. The van der Waals surface area contributed by atoms with E-state index in [1.54, 1.807) is 11.0 Å². The third kappa shape index (κ3) is 1.59. The molecule has 1 N–H and O–H groups in total. The predicted octanol–water partition coefficient (Wildman–Crippen LogP) is 1.69. The Morgan fingerprint density at radius 3 is 2.44 bits per heavy atom. The smallest absolute Gasteiger partial charge is 0.314 e. The van der Waals surface area contributed by atoms with Crippen molar-refractivity contribution >= 4 is 5.97 Å². The van der Waals surface area contributed by atoms with Crippen LogP contribution in [0, 0.1) is 6.92 Å². The number of rotatable bonds is 3. The molecule has 0 unspecified atom stereocenters. The number of carboxylic acids is 1. The van der Waals surface area contributed by atoms with Crippen LogP contribution in [0.1, 0.15) is 24.1 Å². The van der Waals surface area contributed by atoms with Crippen LogP contribution in [0.2, 0.25) is 0 Å². The third-order valence-electron chi connectivity index (χ3n) is 3.42. The fraction of sp³-hybridized carbons (Fsp3) is 0.308. The maximum atomic E-state index is 11.2. The Morgan fingerprint density at radius 1 is 1.33 bits per heavy atom. The van der Waals surface area contributed by atoms with Crippen molar-refractivity contribution in [3.8, 4) is 5.69 Å². The van der Waals surface area contributed by atoms with Gasteiger partial charge >= 0.3 is 5.97 Å². The first-order chi connectivity index (χ1) is 8.62. The van der Waals surface area contributed by atoms with Crippen LogP contribution >= 0.6 is 0 Å². The fourth-order valence-electron chi connectivity index (χ4n) is 2.13. The number of aliphatic carboxylic acids is 1. The van der Waals surface area contributed by atoms with E-state index in [-0.39, 0.29) is 0 Å². The number of carbonyl (C=O) groups is 1. The van der Waals surface area contributed by atoms with Crippen molar-refractivity contribution in [3.05, 3.63) is 41.7 Å². The van der Waals surface area contributed by atoms with Crippen LogP contribution in [0.5, 0.6) is 0 Å². The highest BCUT2D eigenvalue weighted by molar-refractivity contribution is 5.84. The van der Waals surface area contributed by atoms with Gasteiger partial charge in [-0.25, -0.2) is 0 Å². The maximum absolute atomic E-state index is 11.2. The van der Waals surface area contributed by atoms with Gasteiger partial charge in [0.15, 0.2) is 0 Å². The van der Waals surface area contributed by atoms with Gasteiger partial charge in [-0.2, -0.15) is 15.0 Å². The van der Waals surface area contributed by atoms with Crippen LogP contribution in [0.15, 0.2) is 30.5 Å². The number of aromatic nitrogens is 3. The third-order valence-corrected chi connectivity index (χ3v) is 3.42. The number of benzene rings is 1. The maximum Gasteiger partial charge on any atom is 0.314 e. The van der Waals surface area contributed by atoms with Crippen LogP contribution in [0.3, 0.4) is 0 Å². The van der Waals surface area contributed by atoms with Gasteiger partial charge < -0.3 is 5.11 Å². The van der Waals surface area contributed by atoms with Crippen LogP contribution in [0.4, 0.5) is 0 Å². The van der Waals surface area contributed by atoms with Crippen LogP contribution in [-0.4, -0.2) is 26.1 Å². The highest BCUT2D eigenvalue weighted by atomic mass is 16.4. The SMILES string of the molecule is Cc1cnn(-c2ccc(C3(C(=O)O)CC3)cc2)n1. The Balaban J connectivity index is 1.92. The first-order valence-corrected chi connectivity index (χ1v) is 5.85. The Kier molecular flexibility index (Phi) is 2.23. The predicted molar refractivity (Wildman–Crippen MR) is 64.6 cm³/mol. The van der Waals surface area contributed by atoms with Gasteiger partial charge in [-0.3, -0.25) is 4.79 Å². The fourth-order valence-corrected chi connectivity index (χ4v) is 2.13. The van der Waals surface area contributed by atoms with E-state index in [2.05, 4.69) is 10.2 Å². The van der Waals surface area contributed by atoms with Gasteiger partial charge in [-0.15, -0.1) is 0 Å². The van der Waals surface area contributed by atoms with Crippen LogP contribution in [0.25, 0.3) is 5.69 Å². The molecule has 0 radical (unpaired) electrons. The summed E-state index contributed by atoms with van der Waals surface area (Å²) in [4.78, 5) is 12.8. The zero-order chi connectivity index (χ0) is 12.8. The molecule has 0 amide bonds.